The first kappa shape index (κ1) is 19.8. The molecule has 1 aromatic heterocycles. The maximum atomic E-state index is 13.2. The maximum Gasteiger partial charge on any atom is 0.433 e. The molecule has 0 amide bonds. The molecule has 0 bridgehead atoms. The van der Waals surface area contributed by atoms with Gasteiger partial charge in [-0.25, -0.2) is 9.97 Å². The van der Waals surface area contributed by atoms with Crippen molar-refractivity contribution in [1.29, 1.82) is 0 Å². The molecule has 0 aliphatic heterocycles. The third kappa shape index (κ3) is 4.78. The average Bonchev–Trinajstić information content (AvgIpc) is 2.64. The number of ether oxygens (including phenoxy) is 3. The lowest BCUT2D eigenvalue weighted by atomic mass is 10.1. The molecule has 26 heavy (non-hydrogen) atoms. The zero-order valence-corrected chi connectivity index (χ0v) is 14.9. The van der Waals surface area contributed by atoms with E-state index < -0.39 is 17.8 Å². The third-order valence-electron chi connectivity index (χ3n) is 3.22. The van der Waals surface area contributed by atoms with Crippen LogP contribution in [-0.2, 0) is 15.7 Å². The molecule has 0 N–H and O–H groups in total. The summed E-state index contributed by atoms with van der Waals surface area (Å²) in [5, 5.41) is -0.185. The van der Waals surface area contributed by atoms with Crippen LogP contribution < -0.4 is 9.47 Å². The number of benzene rings is 1. The molecular weight excluding hydrogens is 373 g/mol. The van der Waals surface area contributed by atoms with Crippen LogP contribution in [0.3, 0.4) is 0 Å². The summed E-state index contributed by atoms with van der Waals surface area (Å²) in [6.45, 7) is 0. The standard InChI is InChI=1S/C16H15F3N2O4S/c1-23-11-5-4-9(6-12(11)24-2)10-7-13(16(17,18)19)21-15(20-10)26-8-14(22)25-3/h4-7H,8H2,1-3H3. The lowest BCUT2D eigenvalue weighted by molar-refractivity contribution is -0.141. The minimum atomic E-state index is -4.66. The smallest absolute Gasteiger partial charge is 0.433 e. The summed E-state index contributed by atoms with van der Waals surface area (Å²) in [7, 11) is 4.05. The molecule has 0 saturated carbocycles. The zero-order valence-electron chi connectivity index (χ0n) is 14.1. The Bertz CT molecular complexity index is 800. The van der Waals surface area contributed by atoms with Gasteiger partial charge in [0.15, 0.2) is 16.7 Å². The Hall–Kier alpha value is -2.49. The Labute approximate surface area is 151 Å². The first-order valence-electron chi connectivity index (χ1n) is 7.16. The van der Waals surface area contributed by atoms with E-state index in [9.17, 15) is 18.0 Å². The number of esters is 1. The van der Waals surface area contributed by atoms with E-state index in [1.54, 1.807) is 12.1 Å². The molecule has 2 aromatic rings. The van der Waals surface area contributed by atoms with Gasteiger partial charge in [-0.1, -0.05) is 11.8 Å². The molecule has 6 nitrogen and oxygen atoms in total. The monoisotopic (exact) mass is 388 g/mol. The second kappa shape index (κ2) is 8.26. The Morgan fingerprint density at radius 1 is 1.08 bits per heavy atom. The van der Waals surface area contributed by atoms with Crippen molar-refractivity contribution in [2.45, 2.75) is 11.3 Å². The first-order valence-corrected chi connectivity index (χ1v) is 8.15. The Kier molecular flexibility index (Phi) is 6.30. The van der Waals surface area contributed by atoms with Crippen LogP contribution in [0, 0.1) is 0 Å². The van der Waals surface area contributed by atoms with Gasteiger partial charge in [0, 0.05) is 5.56 Å². The number of thioether (sulfide) groups is 1. The summed E-state index contributed by atoms with van der Waals surface area (Å²) in [5.41, 5.74) is -0.680. The van der Waals surface area contributed by atoms with Gasteiger partial charge in [0.05, 0.1) is 32.8 Å². The number of aromatic nitrogens is 2. The first-order chi connectivity index (χ1) is 12.3. The number of carbonyl (C=O) groups excluding carboxylic acids is 1. The summed E-state index contributed by atoms with van der Waals surface area (Å²) in [6.07, 6.45) is -4.66. The fourth-order valence-corrected chi connectivity index (χ4v) is 2.65. The van der Waals surface area contributed by atoms with Crippen LogP contribution >= 0.6 is 11.8 Å². The van der Waals surface area contributed by atoms with Crippen molar-refractivity contribution in [3.63, 3.8) is 0 Å². The van der Waals surface area contributed by atoms with Crippen molar-refractivity contribution in [3.05, 3.63) is 30.0 Å². The van der Waals surface area contributed by atoms with Crippen LogP contribution in [0.2, 0.25) is 0 Å². The van der Waals surface area contributed by atoms with Crippen LogP contribution in [0.1, 0.15) is 5.69 Å². The number of alkyl halides is 3. The van der Waals surface area contributed by atoms with Crippen molar-refractivity contribution in [2.75, 3.05) is 27.1 Å². The van der Waals surface area contributed by atoms with E-state index in [0.717, 1.165) is 17.8 Å². The van der Waals surface area contributed by atoms with E-state index in [4.69, 9.17) is 9.47 Å². The SMILES string of the molecule is COC(=O)CSc1nc(-c2ccc(OC)c(OC)c2)cc(C(F)(F)F)n1. The molecule has 0 aliphatic carbocycles. The summed E-state index contributed by atoms with van der Waals surface area (Å²) >= 11 is 0.757. The fraction of sp³-hybridized carbons (Fsp3) is 0.312. The number of methoxy groups -OCH3 is 3. The third-order valence-corrected chi connectivity index (χ3v) is 4.04. The molecular formula is C16H15F3N2O4S. The second-order valence-electron chi connectivity index (χ2n) is 4.85. The van der Waals surface area contributed by atoms with E-state index in [-0.39, 0.29) is 16.6 Å². The van der Waals surface area contributed by atoms with Gasteiger partial charge >= 0.3 is 12.1 Å². The second-order valence-corrected chi connectivity index (χ2v) is 5.80. The van der Waals surface area contributed by atoms with Crippen molar-refractivity contribution < 1.29 is 32.2 Å². The number of carbonyl (C=O) groups is 1. The van der Waals surface area contributed by atoms with Crippen LogP contribution in [0.5, 0.6) is 11.5 Å². The molecule has 0 atom stereocenters. The topological polar surface area (TPSA) is 70.5 Å². The molecule has 0 aliphatic rings. The lowest BCUT2D eigenvalue weighted by Gasteiger charge is -2.12. The highest BCUT2D eigenvalue weighted by molar-refractivity contribution is 7.99. The predicted octanol–water partition coefficient (Wildman–Crippen LogP) is 3.44. The van der Waals surface area contributed by atoms with Crippen molar-refractivity contribution >= 4 is 17.7 Å². The van der Waals surface area contributed by atoms with E-state index in [1.165, 1.54) is 27.4 Å². The fourth-order valence-electron chi connectivity index (χ4n) is 1.96. The van der Waals surface area contributed by atoms with Gasteiger partial charge in [-0.15, -0.1) is 0 Å². The molecule has 140 valence electrons. The van der Waals surface area contributed by atoms with E-state index >= 15 is 0 Å². The minimum absolute atomic E-state index is 0.0423. The lowest BCUT2D eigenvalue weighted by Crippen LogP contribution is -2.11. The molecule has 0 spiro atoms. The van der Waals surface area contributed by atoms with E-state index in [1.807, 2.05) is 0 Å². The molecule has 0 fully saturated rings. The normalized spacial score (nSPS) is 11.2. The van der Waals surface area contributed by atoms with Crippen molar-refractivity contribution in [1.82, 2.24) is 9.97 Å². The number of hydrogen-bond acceptors (Lipinski definition) is 7. The Morgan fingerprint density at radius 2 is 1.77 bits per heavy atom. The highest BCUT2D eigenvalue weighted by atomic mass is 32.2. The van der Waals surface area contributed by atoms with Crippen LogP contribution in [-0.4, -0.2) is 43.0 Å². The van der Waals surface area contributed by atoms with Gasteiger partial charge in [0.1, 0.15) is 5.69 Å². The van der Waals surface area contributed by atoms with Gasteiger partial charge in [0.2, 0.25) is 0 Å². The zero-order chi connectivity index (χ0) is 19.3. The summed E-state index contributed by atoms with van der Waals surface area (Å²) in [6, 6.07) is 5.46. The summed E-state index contributed by atoms with van der Waals surface area (Å²) in [5.74, 6) is -0.0188. The van der Waals surface area contributed by atoms with Crippen molar-refractivity contribution in [3.8, 4) is 22.8 Å². The highest BCUT2D eigenvalue weighted by Gasteiger charge is 2.34. The number of rotatable bonds is 6. The predicted molar refractivity (Wildman–Crippen MR) is 88.3 cm³/mol. The largest absolute Gasteiger partial charge is 0.493 e. The number of hydrogen-bond donors (Lipinski definition) is 0. The van der Waals surface area contributed by atoms with E-state index in [2.05, 4.69) is 14.7 Å². The van der Waals surface area contributed by atoms with Crippen LogP contribution in [0.4, 0.5) is 13.2 Å². The van der Waals surface area contributed by atoms with Crippen LogP contribution in [0.15, 0.2) is 29.4 Å². The highest BCUT2D eigenvalue weighted by Crippen LogP contribution is 2.35. The van der Waals surface area contributed by atoms with Gasteiger partial charge in [-0.2, -0.15) is 13.2 Å². The quantitative estimate of drug-likeness (QED) is 0.426. The minimum Gasteiger partial charge on any atom is -0.493 e. The summed E-state index contributed by atoms with van der Waals surface area (Å²) in [4.78, 5) is 18.8. The molecule has 10 heteroatoms. The summed E-state index contributed by atoms with van der Waals surface area (Å²) < 4.78 is 54.2. The van der Waals surface area contributed by atoms with Gasteiger partial charge in [-0.3, -0.25) is 4.79 Å². The average molecular weight is 388 g/mol. The molecule has 1 aromatic carbocycles. The van der Waals surface area contributed by atoms with Gasteiger partial charge in [0.25, 0.3) is 0 Å². The molecule has 0 unspecified atom stereocenters. The molecule has 1 heterocycles. The number of halogens is 3. The molecule has 0 radical (unpaired) electrons. The van der Waals surface area contributed by atoms with Crippen LogP contribution in [0.25, 0.3) is 11.3 Å². The maximum absolute atomic E-state index is 13.2. The van der Waals surface area contributed by atoms with Gasteiger partial charge in [-0.05, 0) is 24.3 Å². The van der Waals surface area contributed by atoms with E-state index in [0.29, 0.717) is 17.1 Å². The van der Waals surface area contributed by atoms with Crippen molar-refractivity contribution in [2.24, 2.45) is 0 Å². The molecule has 2 rings (SSSR count). The molecule has 0 saturated heterocycles. The Morgan fingerprint density at radius 3 is 2.35 bits per heavy atom. The Balaban J connectivity index is 2.48. The number of nitrogens with zero attached hydrogens (tertiary/aromatic N) is 2. The van der Waals surface area contributed by atoms with Gasteiger partial charge < -0.3 is 14.2 Å².